The molecule has 1 saturated heterocycles. The van der Waals surface area contributed by atoms with Crippen LogP contribution in [0.3, 0.4) is 0 Å². The first kappa shape index (κ1) is 23.2. The van der Waals surface area contributed by atoms with Crippen LogP contribution in [0.4, 0.5) is 13.2 Å². The summed E-state index contributed by atoms with van der Waals surface area (Å²) in [6.07, 6.45) is -0.324. The molecule has 5 rings (SSSR count). The minimum absolute atomic E-state index is 0.0174. The van der Waals surface area contributed by atoms with Gasteiger partial charge in [-0.05, 0) is 63.4 Å². The van der Waals surface area contributed by atoms with E-state index in [1.807, 2.05) is 32.9 Å². The third-order valence-corrected chi connectivity index (χ3v) is 6.23. The van der Waals surface area contributed by atoms with Crippen molar-refractivity contribution >= 4 is 11.2 Å². The predicted octanol–water partition coefficient (Wildman–Crippen LogP) is 5.46. The van der Waals surface area contributed by atoms with E-state index in [1.165, 1.54) is 12.3 Å². The average Bonchev–Trinajstić information content (AvgIpc) is 2.84. The summed E-state index contributed by atoms with van der Waals surface area (Å²) in [6.45, 7) is 6.14. The lowest BCUT2D eigenvalue weighted by molar-refractivity contribution is -0.141. The highest BCUT2D eigenvalue weighted by atomic mass is 19.4. The van der Waals surface area contributed by atoms with Gasteiger partial charge in [-0.3, -0.25) is 9.97 Å². The summed E-state index contributed by atoms with van der Waals surface area (Å²) in [5.41, 5.74) is 4.13. The van der Waals surface area contributed by atoms with Gasteiger partial charge in [0.15, 0.2) is 5.65 Å². The monoisotopic (exact) mass is 480 g/mol. The van der Waals surface area contributed by atoms with Crippen LogP contribution in [0.5, 0.6) is 0 Å². The molecule has 2 atom stereocenters. The number of alkyl halides is 3. The molecule has 2 unspecified atom stereocenters. The molecule has 1 aliphatic rings. The Kier molecular flexibility index (Phi) is 5.92. The van der Waals surface area contributed by atoms with Crippen LogP contribution in [0.25, 0.3) is 22.4 Å². The Balaban J connectivity index is 1.58. The standard InChI is InChI=1S/C25H23F3N6O/c1-13-10-16(6-8-29-13)19-11-17(7-9-35-19)23-33-21(18-4-5-20(30-12-18)25(26,27)28)22-24(34-23)32-15(3)14(2)31-22/h4-6,8,10,12,17,19H,7,9,11H2,1-3H3. The lowest BCUT2D eigenvalue weighted by Crippen LogP contribution is -2.21. The maximum Gasteiger partial charge on any atom is 0.433 e. The number of aromatic nitrogens is 6. The maximum atomic E-state index is 13.1. The normalized spacial score (nSPS) is 18.7. The summed E-state index contributed by atoms with van der Waals surface area (Å²) in [7, 11) is 0. The summed E-state index contributed by atoms with van der Waals surface area (Å²) < 4.78 is 45.2. The fourth-order valence-corrected chi connectivity index (χ4v) is 4.25. The van der Waals surface area contributed by atoms with E-state index in [4.69, 9.17) is 14.7 Å². The van der Waals surface area contributed by atoms with E-state index in [0.29, 0.717) is 47.0 Å². The van der Waals surface area contributed by atoms with E-state index < -0.39 is 11.9 Å². The van der Waals surface area contributed by atoms with Crippen LogP contribution in [-0.2, 0) is 10.9 Å². The van der Waals surface area contributed by atoms with Crippen LogP contribution in [0.1, 0.15) is 59.0 Å². The molecular formula is C25H23F3N6O. The molecule has 0 saturated carbocycles. The zero-order valence-corrected chi connectivity index (χ0v) is 19.5. The van der Waals surface area contributed by atoms with Crippen LogP contribution < -0.4 is 0 Å². The smallest absolute Gasteiger partial charge is 0.373 e. The second-order valence-corrected chi connectivity index (χ2v) is 8.74. The molecule has 4 aromatic rings. The largest absolute Gasteiger partial charge is 0.433 e. The van der Waals surface area contributed by atoms with Gasteiger partial charge in [0.2, 0.25) is 0 Å². The van der Waals surface area contributed by atoms with Gasteiger partial charge in [-0.15, -0.1) is 0 Å². The molecule has 4 aromatic heterocycles. The third-order valence-electron chi connectivity index (χ3n) is 6.23. The van der Waals surface area contributed by atoms with E-state index in [2.05, 4.69) is 19.9 Å². The Labute approximate surface area is 199 Å². The van der Waals surface area contributed by atoms with Crippen molar-refractivity contribution in [2.45, 2.75) is 51.8 Å². The van der Waals surface area contributed by atoms with Gasteiger partial charge < -0.3 is 4.74 Å². The van der Waals surface area contributed by atoms with Crippen LogP contribution in [-0.4, -0.2) is 36.5 Å². The van der Waals surface area contributed by atoms with Gasteiger partial charge in [0.05, 0.1) is 17.5 Å². The molecule has 7 nitrogen and oxygen atoms in total. The van der Waals surface area contributed by atoms with Crippen LogP contribution >= 0.6 is 0 Å². The van der Waals surface area contributed by atoms with E-state index in [1.54, 1.807) is 6.20 Å². The minimum Gasteiger partial charge on any atom is -0.373 e. The molecule has 35 heavy (non-hydrogen) atoms. The Bertz CT molecular complexity index is 1390. The topological polar surface area (TPSA) is 86.6 Å². The van der Waals surface area contributed by atoms with Crippen molar-refractivity contribution in [3.8, 4) is 11.3 Å². The highest BCUT2D eigenvalue weighted by Gasteiger charge is 2.32. The van der Waals surface area contributed by atoms with E-state index >= 15 is 0 Å². The first-order valence-electron chi connectivity index (χ1n) is 11.3. The number of rotatable bonds is 3. The Morgan fingerprint density at radius 1 is 0.943 bits per heavy atom. The summed E-state index contributed by atoms with van der Waals surface area (Å²) in [5, 5.41) is 0. The fraction of sp³-hybridized carbons (Fsp3) is 0.360. The zero-order valence-electron chi connectivity index (χ0n) is 19.5. The quantitative estimate of drug-likeness (QED) is 0.385. The number of nitrogens with zero attached hydrogens (tertiary/aromatic N) is 6. The van der Waals surface area contributed by atoms with Gasteiger partial charge in [0.1, 0.15) is 22.7 Å². The second kappa shape index (κ2) is 8.92. The number of ether oxygens (including phenoxy) is 1. The number of pyridine rings is 2. The predicted molar refractivity (Wildman–Crippen MR) is 122 cm³/mol. The van der Waals surface area contributed by atoms with Crippen molar-refractivity contribution in [3.63, 3.8) is 0 Å². The van der Waals surface area contributed by atoms with Gasteiger partial charge in [-0.2, -0.15) is 13.2 Å². The molecule has 0 radical (unpaired) electrons. The van der Waals surface area contributed by atoms with Crippen molar-refractivity contribution in [1.82, 2.24) is 29.9 Å². The summed E-state index contributed by atoms with van der Waals surface area (Å²) in [5.74, 6) is 0.556. The Hall–Kier alpha value is -3.53. The van der Waals surface area contributed by atoms with E-state index in [9.17, 15) is 13.2 Å². The van der Waals surface area contributed by atoms with Gasteiger partial charge in [-0.1, -0.05) is 0 Å². The van der Waals surface area contributed by atoms with Crippen molar-refractivity contribution in [3.05, 3.63) is 70.8 Å². The molecule has 5 heterocycles. The van der Waals surface area contributed by atoms with Gasteiger partial charge in [0, 0.05) is 36.2 Å². The Morgan fingerprint density at radius 3 is 2.46 bits per heavy atom. The maximum absolute atomic E-state index is 13.1. The number of fused-ring (bicyclic) bond motifs is 1. The average molecular weight is 480 g/mol. The molecule has 1 fully saturated rings. The first-order valence-corrected chi connectivity index (χ1v) is 11.3. The Morgan fingerprint density at radius 2 is 1.74 bits per heavy atom. The SMILES string of the molecule is Cc1cc(C2CC(c3nc(-c4ccc(C(F)(F)F)nc4)c4nc(C)c(C)nc4n3)CCO2)ccn1. The third kappa shape index (κ3) is 4.70. The summed E-state index contributed by atoms with van der Waals surface area (Å²) in [6, 6.07) is 6.27. The van der Waals surface area contributed by atoms with Crippen LogP contribution in [0, 0.1) is 20.8 Å². The molecule has 0 bridgehead atoms. The van der Waals surface area contributed by atoms with Crippen molar-refractivity contribution in [1.29, 1.82) is 0 Å². The first-order chi connectivity index (χ1) is 16.7. The van der Waals surface area contributed by atoms with Crippen molar-refractivity contribution in [2.24, 2.45) is 0 Å². The molecule has 0 amide bonds. The molecular weight excluding hydrogens is 457 g/mol. The lowest BCUT2D eigenvalue weighted by atomic mass is 9.91. The second-order valence-electron chi connectivity index (χ2n) is 8.74. The highest BCUT2D eigenvalue weighted by molar-refractivity contribution is 5.86. The summed E-state index contributed by atoms with van der Waals surface area (Å²) >= 11 is 0. The van der Waals surface area contributed by atoms with Crippen LogP contribution in [0.2, 0.25) is 0 Å². The highest BCUT2D eigenvalue weighted by Crippen LogP contribution is 2.38. The molecule has 0 aromatic carbocycles. The summed E-state index contributed by atoms with van der Waals surface area (Å²) in [4.78, 5) is 26.6. The number of halogens is 3. The van der Waals surface area contributed by atoms with E-state index in [0.717, 1.165) is 29.4 Å². The zero-order chi connectivity index (χ0) is 24.7. The molecule has 180 valence electrons. The minimum atomic E-state index is -4.52. The van der Waals surface area contributed by atoms with Gasteiger partial charge in [0.25, 0.3) is 0 Å². The van der Waals surface area contributed by atoms with Gasteiger partial charge in [-0.25, -0.2) is 19.9 Å². The van der Waals surface area contributed by atoms with E-state index in [-0.39, 0.29) is 12.0 Å². The number of hydrogen-bond donors (Lipinski definition) is 0. The van der Waals surface area contributed by atoms with Crippen LogP contribution in [0.15, 0.2) is 36.7 Å². The number of aryl methyl sites for hydroxylation is 3. The van der Waals surface area contributed by atoms with Gasteiger partial charge >= 0.3 is 6.18 Å². The van der Waals surface area contributed by atoms with Crippen molar-refractivity contribution in [2.75, 3.05) is 6.61 Å². The molecule has 10 heteroatoms. The molecule has 0 N–H and O–H groups in total. The molecule has 0 aliphatic carbocycles. The fourth-order valence-electron chi connectivity index (χ4n) is 4.25. The van der Waals surface area contributed by atoms with Crippen molar-refractivity contribution < 1.29 is 17.9 Å². The molecule has 1 aliphatic heterocycles. The number of hydrogen-bond acceptors (Lipinski definition) is 7. The molecule has 0 spiro atoms. The lowest BCUT2D eigenvalue weighted by Gasteiger charge is -2.29.